The zero-order valence-corrected chi connectivity index (χ0v) is 22.9. The van der Waals surface area contributed by atoms with Gasteiger partial charge in [0.15, 0.2) is 0 Å². The fourth-order valence-electron chi connectivity index (χ4n) is 3.92. The summed E-state index contributed by atoms with van der Waals surface area (Å²) in [6.45, 7) is 4.56. The highest BCUT2D eigenvalue weighted by atomic mass is 32.2. The summed E-state index contributed by atoms with van der Waals surface area (Å²) >= 11 is 0. The number of carbonyl (C=O) groups is 2. The van der Waals surface area contributed by atoms with Crippen molar-refractivity contribution < 1.29 is 27.1 Å². The van der Waals surface area contributed by atoms with E-state index in [1.165, 1.54) is 55.5 Å². The lowest BCUT2D eigenvalue weighted by Crippen LogP contribution is -2.50. The molecule has 8 nitrogen and oxygen atoms in total. The zero-order valence-electron chi connectivity index (χ0n) is 22.1. The Bertz CT molecular complexity index is 1390. The second kappa shape index (κ2) is 12.1. The van der Waals surface area contributed by atoms with E-state index in [9.17, 15) is 22.4 Å². The number of ether oxygens (including phenoxy) is 1. The van der Waals surface area contributed by atoms with Crippen LogP contribution in [0.4, 0.5) is 10.1 Å². The number of likely N-dealkylation sites (N-methyl/N-ethyl adjacent to an activating group) is 1. The van der Waals surface area contributed by atoms with Crippen molar-refractivity contribution in [2.24, 2.45) is 0 Å². The lowest BCUT2D eigenvalue weighted by atomic mass is 10.1. The van der Waals surface area contributed by atoms with Crippen molar-refractivity contribution in [3.8, 4) is 5.75 Å². The molecule has 0 bridgehead atoms. The van der Waals surface area contributed by atoms with Gasteiger partial charge in [-0.1, -0.05) is 35.9 Å². The maximum Gasteiger partial charge on any atom is 0.264 e. The predicted molar refractivity (Wildman–Crippen MR) is 144 cm³/mol. The molecule has 0 fully saturated rings. The third kappa shape index (κ3) is 6.49. The average Bonchev–Trinajstić information content (AvgIpc) is 2.90. The highest BCUT2D eigenvalue weighted by Gasteiger charge is 2.33. The van der Waals surface area contributed by atoms with Crippen LogP contribution in [0.1, 0.15) is 23.6 Å². The molecule has 10 heteroatoms. The molecule has 38 heavy (non-hydrogen) atoms. The summed E-state index contributed by atoms with van der Waals surface area (Å²) < 4.78 is 47.8. The van der Waals surface area contributed by atoms with Gasteiger partial charge in [-0.15, -0.1) is 0 Å². The SMILES string of the molecule is CNC(=O)C(C)N(Cc1ccc(F)cc1)C(=O)CN(c1cc(C)ccc1OC)S(=O)(=O)c1ccc(C)cc1. The number of anilines is 1. The number of hydrogen-bond acceptors (Lipinski definition) is 5. The molecule has 0 heterocycles. The molecule has 0 aliphatic heterocycles. The fraction of sp³-hybridized carbons (Fsp3) is 0.286. The van der Waals surface area contributed by atoms with Crippen molar-refractivity contribution in [2.75, 3.05) is 25.0 Å². The molecule has 0 saturated heterocycles. The van der Waals surface area contributed by atoms with Crippen molar-refractivity contribution in [2.45, 2.75) is 38.3 Å². The summed E-state index contributed by atoms with van der Waals surface area (Å²) in [4.78, 5) is 27.6. The van der Waals surface area contributed by atoms with Gasteiger partial charge in [0.2, 0.25) is 11.8 Å². The van der Waals surface area contributed by atoms with E-state index in [2.05, 4.69) is 5.32 Å². The maximum absolute atomic E-state index is 13.9. The molecule has 3 rings (SSSR count). The number of halogens is 1. The van der Waals surface area contributed by atoms with E-state index in [1.807, 2.05) is 6.92 Å². The number of hydrogen-bond donors (Lipinski definition) is 1. The molecule has 0 spiro atoms. The van der Waals surface area contributed by atoms with Crippen LogP contribution in [0.3, 0.4) is 0 Å². The molecule has 1 N–H and O–H groups in total. The summed E-state index contributed by atoms with van der Waals surface area (Å²) in [5.41, 5.74) is 2.41. The van der Waals surface area contributed by atoms with E-state index in [4.69, 9.17) is 4.74 Å². The van der Waals surface area contributed by atoms with E-state index in [1.54, 1.807) is 44.2 Å². The minimum absolute atomic E-state index is 0.00361. The molecule has 202 valence electrons. The Labute approximate surface area is 223 Å². The quantitative estimate of drug-likeness (QED) is 0.421. The number of nitrogens with one attached hydrogen (secondary N) is 1. The number of nitrogens with zero attached hydrogens (tertiary/aromatic N) is 2. The lowest BCUT2D eigenvalue weighted by molar-refractivity contribution is -0.139. The van der Waals surface area contributed by atoms with Gasteiger partial charge in [-0.05, 0) is 68.3 Å². The Morgan fingerprint density at radius 1 is 0.974 bits per heavy atom. The first-order chi connectivity index (χ1) is 18.0. The summed E-state index contributed by atoms with van der Waals surface area (Å²) in [5, 5.41) is 2.52. The van der Waals surface area contributed by atoms with Crippen LogP contribution >= 0.6 is 0 Å². The molecular weight excluding hydrogens is 509 g/mol. The van der Waals surface area contributed by atoms with E-state index in [-0.39, 0.29) is 22.9 Å². The van der Waals surface area contributed by atoms with Gasteiger partial charge in [-0.2, -0.15) is 0 Å². The Balaban J connectivity index is 2.10. The first-order valence-electron chi connectivity index (χ1n) is 12.0. The van der Waals surface area contributed by atoms with E-state index in [0.717, 1.165) is 15.4 Å². The van der Waals surface area contributed by atoms with Gasteiger partial charge in [-0.25, -0.2) is 12.8 Å². The number of methoxy groups -OCH3 is 1. The van der Waals surface area contributed by atoms with Crippen molar-refractivity contribution in [1.29, 1.82) is 0 Å². The molecule has 0 aliphatic rings. The molecule has 0 radical (unpaired) electrons. The first kappa shape index (κ1) is 28.6. The number of carbonyl (C=O) groups excluding carboxylic acids is 2. The standard InChI is InChI=1S/C28H32FN3O5S/c1-19-6-13-24(14-7-19)38(35,36)32(25-16-20(2)8-15-26(25)37-5)18-27(33)31(21(3)28(34)30-4)17-22-9-11-23(29)12-10-22/h6-16,21H,17-18H2,1-5H3,(H,30,34). The number of benzene rings is 3. The van der Waals surface area contributed by atoms with Gasteiger partial charge in [-0.3, -0.25) is 13.9 Å². The second-order valence-corrected chi connectivity index (χ2v) is 10.8. The number of amides is 2. The molecular formula is C28H32FN3O5S. The highest BCUT2D eigenvalue weighted by molar-refractivity contribution is 7.92. The normalized spacial score (nSPS) is 11.9. The molecule has 0 saturated carbocycles. The summed E-state index contributed by atoms with van der Waals surface area (Å²) in [7, 11) is -1.36. The molecule has 0 aromatic heterocycles. The Kier molecular flexibility index (Phi) is 9.11. The molecule has 0 aliphatic carbocycles. The second-order valence-electron chi connectivity index (χ2n) is 8.94. The zero-order chi connectivity index (χ0) is 28.0. The summed E-state index contributed by atoms with van der Waals surface area (Å²) in [6, 6.07) is 16.0. The van der Waals surface area contributed by atoms with Gasteiger partial charge in [0.25, 0.3) is 10.0 Å². The molecule has 2 amide bonds. The Morgan fingerprint density at radius 3 is 2.16 bits per heavy atom. The fourth-order valence-corrected chi connectivity index (χ4v) is 5.34. The number of aryl methyl sites for hydroxylation is 2. The summed E-state index contributed by atoms with van der Waals surface area (Å²) in [5.74, 6) is -1.22. The molecule has 3 aromatic carbocycles. The van der Waals surface area contributed by atoms with Crippen LogP contribution in [0, 0.1) is 19.7 Å². The molecule has 1 unspecified atom stereocenters. The third-order valence-corrected chi connectivity index (χ3v) is 7.94. The van der Waals surface area contributed by atoms with Crippen LogP contribution in [-0.2, 0) is 26.2 Å². The van der Waals surface area contributed by atoms with Crippen molar-refractivity contribution >= 4 is 27.5 Å². The van der Waals surface area contributed by atoms with Gasteiger partial charge < -0.3 is 15.0 Å². The Hall–Kier alpha value is -3.92. The summed E-state index contributed by atoms with van der Waals surface area (Å²) in [6.07, 6.45) is 0. The van der Waals surface area contributed by atoms with Gasteiger partial charge in [0, 0.05) is 13.6 Å². The minimum atomic E-state index is -4.22. The van der Waals surface area contributed by atoms with Crippen LogP contribution in [0.25, 0.3) is 0 Å². The third-order valence-electron chi connectivity index (χ3n) is 6.17. The lowest BCUT2D eigenvalue weighted by Gasteiger charge is -2.32. The van der Waals surface area contributed by atoms with Crippen LogP contribution in [0.2, 0.25) is 0 Å². The first-order valence-corrected chi connectivity index (χ1v) is 13.4. The Morgan fingerprint density at radius 2 is 1.58 bits per heavy atom. The molecule has 1 atom stereocenters. The number of sulfonamides is 1. The van der Waals surface area contributed by atoms with Crippen molar-refractivity contribution in [3.05, 3.63) is 89.2 Å². The van der Waals surface area contributed by atoms with Crippen LogP contribution in [-0.4, -0.2) is 51.9 Å². The number of rotatable bonds is 10. The average molecular weight is 542 g/mol. The van der Waals surface area contributed by atoms with Gasteiger partial charge in [0.05, 0.1) is 17.7 Å². The van der Waals surface area contributed by atoms with Crippen LogP contribution in [0.15, 0.2) is 71.6 Å². The minimum Gasteiger partial charge on any atom is -0.495 e. The largest absolute Gasteiger partial charge is 0.495 e. The van der Waals surface area contributed by atoms with E-state index >= 15 is 0 Å². The van der Waals surface area contributed by atoms with Crippen molar-refractivity contribution in [3.63, 3.8) is 0 Å². The predicted octanol–water partition coefficient (Wildman–Crippen LogP) is 3.81. The topological polar surface area (TPSA) is 96.0 Å². The van der Waals surface area contributed by atoms with Crippen LogP contribution in [0.5, 0.6) is 5.75 Å². The maximum atomic E-state index is 13.9. The smallest absolute Gasteiger partial charge is 0.264 e. The van der Waals surface area contributed by atoms with E-state index in [0.29, 0.717) is 5.56 Å². The van der Waals surface area contributed by atoms with Gasteiger partial charge in [0.1, 0.15) is 24.2 Å². The van der Waals surface area contributed by atoms with Gasteiger partial charge >= 0.3 is 0 Å². The molecule has 3 aromatic rings. The van der Waals surface area contributed by atoms with E-state index < -0.39 is 40.2 Å². The van der Waals surface area contributed by atoms with Crippen LogP contribution < -0.4 is 14.4 Å². The highest BCUT2D eigenvalue weighted by Crippen LogP contribution is 2.33. The monoisotopic (exact) mass is 541 g/mol. The van der Waals surface area contributed by atoms with Crippen molar-refractivity contribution in [1.82, 2.24) is 10.2 Å².